The number of rotatable bonds is 3. The van der Waals surface area contributed by atoms with Crippen LogP contribution < -0.4 is 15.2 Å². The zero-order valence-electron chi connectivity index (χ0n) is 10.4. The van der Waals surface area contributed by atoms with E-state index in [2.05, 4.69) is 20.5 Å². The molecule has 0 radical (unpaired) electrons. The van der Waals surface area contributed by atoms with Gasteiger partial charge in [0, 0.05) is 12.1 Å². The van der Waals surface area contributed by atoms with E-state index < -0.39 is 0 Å². The van der Waals surface area contributed by atoms with Gasteiger partial charge < -0.3 is 15.2 Å². The average molecular weight is 295 g/mol. The Morgan fingerprint density at radius 2 is 2.10 bits per heavy atom. The SMILES string of the molecule is NC(CCl)=Nc1cc2c(cc1-n1cnnn1)OCCO2. The number of fused-ring (bicyclic) bond motifs is 1. The summed E-state index contributed by atoms with van der Waals surface area (Å²) in [7, 11) is 0. The number of aliphatic imine (C=N–C) groups is 1. The quantitative estimate of drug-likeness (QED) is 0.507. The molecule has 0 spiro atoms. The Kier molecular flexibility index (Phi) is 3.38. The molecule has 0 unspecified atom stereocenters. The van der Waals surface area contributed by atoms with E-state index >= 15 is 0 Å². The second-order valence-electron chi connectivity index (χ2n) is 3.98. The number of benzene rings is 1. The zero-order chi connectivity index (χ0) is 13.9. The molecular formula is C11H11ClN6O2. The van der Waals surface area contributed by atoms with Crippen molar-refractivity contribution in [2.45, 2.75) is 0 Å². The lowest BCUT2D eigenvalue weighted by atomic mass is 10.2. The summed E-state index contributed by atoms with van der Waals surface area (Å²) in [4.78, 5) is 4.25. The van der Waals surface area contributed by atoms with Crippen LogP contribution in [0.15, 0.2) is 23.5 Å². The van der Waals surface area contributed by atoms with Crippen molar-refractivity contribution in [2.24, 2.45) is 10.7 Å². The van der Waals surface area contributed by atoms with Crippen LogP contribution in [0.4, 0.5) is 5.69 Å². The van der Waals surface area contributed by atoms with E-state index in [1.54, 1.807) is 12.1 Å². The Labute approximate surface area is 119 Å². The molecule has 2 N–H and O–H groups in total. The Hall–Kier alpha value is -2.35. The molecular weight excluding hydrogens is 284 g/mol. The van der Waals surface area contributed by atoms with Gasteiger partial charge in [0.2, 0.25) is 0 Å². The fraction of sp³-hybridized carbons (Fsp3) is 0.273. The van der Waals surface area contributed by atoms with Crippen molar-refractivity contribution in [1.29, 1.82) is 0 Å². The third-order valence-electron chi connectivity index (χ3n) is 2.64. The molecule has 1 aliphatic rings. The molecule has 1 aromatic heterocycles. The van der Waals surface area contributed by atoms with Crippen LogP contribution >= 0.6 is 11.6 Å². The lowest BCUT2D eigenvalue weighted by molar-refractivity contribution is 0.171. The van der Waals surface area contributed by atoms with Crippen LogP contribution in [-0.2, 0) is 0 Å². The van der Waals surface area contributed by atoms with Crippen molar-refractivity contribution in [2.75, 3.05) is 19.1 Å². The number of aromatic nitrogens is 4. The number of halogens is 1. The van der Waals surface area contributed by atoms with Crippen LogP contribution in [0.25, 0.3) is 5.69 Å². The maximum Gasteiger partial charge on any atom is 0.163 e. The highest BCUT2D eigenvalue weighted by molar-refractivity contribution is 6.28. The Morgan fingerprint density at radius 3 is 2.75 bits per heavy atom. The first-order valence-corrected chi connectivity index (χ1v) is 6.37. The van der Waals surface area contributed by atoms with Crippen LogP contribution in [0.3, 0.4) is 0 Å². The number of hydrogen-bond donors (Lipinski definition) is 1. The molecule has 0 saturated heterocycles. The molecule has 0 fully saturated rings. The molecule has 0 amide bonds. The Balaban J connectivity index is 2.14. The first-order chi connectivity index (χ1) is 9.78. The Morgan fingerprint density at radius 1 is 1.35 bits per heavy atom. The third kappa shape index (κ3) is 2.37. The van der Waals surface area contributed by atoms with Gasteiger partial charge in [0.25, 0.3) is 0 Å². The summed E-state index contributed by atoms with van der Waals surface area (Å²) in [6.07, 6.45) is 1.46. The predicted octanol–water partition coefficient (Wildman–Crippen LogP) is 0.661. The van der Waals surface area contributed by atoms with Crippen molar-refractivity contribution in [1.82, 2.24) is 20.2 Å². The van der Waals surface area contributed by atoms with Gasteiger partial charge in [-0.05, 0) is 10.4 Å². The maximum atomic E-state index is 5.69. The number of alkyl halides is 1. The van der Waals surface area contributed by atoms with Crippen LogP contribution in [-0.4, -0.2) is 45.1 Å². The molecule has 1 aromatic carbocycles. The molecule has 0 saturated carbocycles. The highest BCUT2D eigenvalue weighted by Crippen LogP contribution is 2.38. The lowest BCUT2D eigenvalue weighted by Crippen LogP contribution is -2.16. The van der Waals surface area contributed by atoms with E-state index in [4.69, 9.17) is 26.8 Å². The van der Waals surface area contributed by atoms with Gasteiger partial charge in [-0.2, -0.15) is 4.68 Å². The van der Waals surface area contributed by atoms with Gasteiger partial charge in [-0.25, -0.2) is 4.99 Å². The molecule has 0 aliphatic carbocycles. The van der Waals surface area contributed by atoms with Gasteiger partial charge in [0.15, 0.2) is 11.5 Å². The maximum absolute atomic E-state index is 5.69. The highest BCUT2D eigenvalue weighted by Gasteiger charge is 2.17. The fourth-order valence-electron chi connectivity index (χ4n) is 1.80. The van der Waals surface area contributed by atoms with Gasteiger partial charge in [-0.1, -0.05) is 0 Å². The summed E-state index contributed by atoms with van der Waals surface area (Å²) < 4.78 is 12.5. The molecule has 3 rings (SSSR count). The minimum Gasteiger partial charge on any atom is -0.486 e. The number of amidine groups is 1. The summed E-state index contributed by atoms with van der Waals surface area (Å²) in [5.41, 5.74) is 6.88. The average Bonchev–Trinajstić information content (AvgIpc) is 3.00. The number of tetrazole rings is 1. The molecule has 0 bridgehead atoms. The summed E-state index contributed by atoms with van der Waals surface area (Å²) in [6.45, 7) is 0.986. The molecule has 9 heteroatoms. The summed E-state index contributed by atoms with van der Waals surface area (Å²) >= 11 is 5.66. The number of hydrogen-bond acceptors (Lipinski definition) is 6. The molecule has 0 atom stereocenters. The van der Waals surface area contributed by atoms with E-state index in [1.807, 2.05) is 0 Å². The van der Waals surface area contributed by atoms with Crippen LogP contribution in [0, 0.1) is 0 Å². The first kappa shape index (κ1) is 12.7. The third-order valence-corrected chi connectivity index (χ3v) is 2.91. The minimum absolute atomic E-state index is 0.128. The van der Waals surface area contributed by atoms with Gasteiger partial charge in [-0.15, -0.1) is 16.7 Å². The minimum atomic E-state index is 0.128. The highest BCUT2D eigenvalue weighted by atomic mass is 35.5. The second-order valence-corrected chi connectivity index (χ2v) is 4.24. The molecule has 8 nitrogen and oxygen atoms in total. The fourth-order valence-corrected chi connectivity index (χ4v) is 1.86. The second kappa shape index (κ2) is 5.33. The van der Waals surface area contributed by atoms with Crippen molar-refractivity contribution >= 4 is 23.1 Å². The standard InChI is InChI=1S/C11H11ClN6O2/c12-5-11(13)15-7-3-9-10(20-2-1-19-9)4-8(7)18-6-14-16-17-18/h3-4,6H,1-2,5H2,(H2,13,15). The van der Waals surface area contributed by atoms with E-state index in [9.17, 15) is 0 Å². The number of nitrogens with zero attached hydrogens (tertiary/aromatic N) is 5. The van der Waals surface area contributed by atoms with Crippen molar-refractivity contribution in [3.8, 4) is 17.2 Å². The normalized spacial score (nSPS) is 14.3. The summed E-state index contributed by atoms with van der Waals surface area (Å²) in [5, 5.41) is 11.1. The molecule has 2 aromatic rings. The zero-order valence-corrected chi connectivity index (χ0v) is 11.1. The lowest BCUT2D eigenvalue weighted by Gasteiger charge is -2.20. The van der Waals surface area contributed by atoms with Gasteiger partial charge in [-0.3, -0.25) is 0 Å². The van der Waals surface area contributed by atoms with E-state index in [0.717, 1.165) is 0 Å². The van der Waals surface area contributed by atoms with Gasteiger partial charge in [0.05, 0.1) is 17.3 Å². The van der Waals surface area contributed by atoms with Crippen molar-refractivity contribution < 1.29 is 9.47 Å². The topological polar surface area (TPSA) is 100 Å². The van der Waals surface area contributed by atoms with Crippen LogP contribution in [0.2, 0.25) is 0 Å². The van der Waals surface area contributed by atoms with E-state index in [-0.39, 0.29) is 11.7 Å². The summed E-state index contributed by atoms with van der Waals surface area (Å²) in [6, 6.07) is 3.48. The molecule has 2 heterocycles. The van der Waals surface area contributed by atoms with Crippen molar-refractivity contribution in [3.05, 3.63) is 18.5 Å². The number of ether oxygens (including phenoxy) is 2. The monoisotopic (exact) mass is 294 g/mol. The Bertz CT molecular complexity index is 643. The van der Waals surface area contributed by atoms with Crippen LogP contribution in [0.5, 0.6) is 11.5 Å². The van der Waals surface area contributed by atoms with Gasteiger partial charge in [0.1, 0.15) is 25.4 Å². The number of nitrogens with two attached hydrogens (primary N) is 1. The molecule has 1 aliphatic heterocycles. The molecule has 104 valence electrons. The predicted molar refractivity (Wildman–Crippen MR) is 72.1 cm³/mol. The van der Waals surface area contributed by atoms with E-state index in [0.29, 0.717) is 36.1 Å². The first-order valence-electron chi connectivity index (χ1n) is 5.84. The van der Waals surface area contributed by atoms with Crippen molar-refractivity contribution in [3.63, 3.8) is 0 Å². The largest absolute Gasteiger partial charge is 0.486 e. The van der Waals surface area contributed by atoms with Crippen LogP contribution in [0.1, 0.15) is 0 Å². The van der Waals surface area contributed by atoms with E-state index in [1.165, 1.54) is 11.0 Å². The summed E-state index contributed by atoms with van der Waals surface area (Å²) in [5.74, 6) is 1.64. The van der Waals surface area contributed by atoms with Gasteiger partial charge >= 0.3 is 0 Å². The molecule has 20 heavy (non-hydrogen) atoms. The smallest absolute Gasteiger partial charge is 0.163 e.